The van der Waals surface area contributed by atoms with Crippen molar-refractivity contribution in [3.8, 4) is 5.75 Å². The first-order valence-electron chi connectivity index (χ1n) is 12.2. The quantitative estimate of drug-likeness (QED) is 0.455. The molecule has 0 radical (unpaired) electrons. The van der Waals surface area contributed by atoms with E-state index in [4.69, 9.17) is 4.74 Å². The number of nitrogens with one attached hydrogen (secondary N) is 1. The summed E-state index contributed by atoms with van der Waals surface area (Å²) in [4.78, 5) is 32.9. The van der Waals surface area contributed by atoms with Gasteiger partial charge in [0.1, 0.15) is 23.4 Å². The third kappa shape index (κ3) is 6.59. The van der Waals surface area contributed by atoms with Gasteiger partial charge in [0.15, 0.2) is 0 Å². The highest BCUT2D eigenvalue weighted by Crippen LogP contribution is 2.26. The van der Waals surface area contributed by atoms with Gasteiger partial charge in [-0.2, -0.15) is 0 Å². The fraction of sp³-hybridized carbons (Fsp3) is 0.276. The minimum absolute atomic E-state index is 0.0127. The third-order valence-corrected chi connectivity index (χ3v) is 6.44. The van der Waals surface area contributed by atoms with Crippen LogP contribution in [0.2, 0.25) is 0 Å². The van der Waals surface area contributed by atoms with Crippen LogP contribution in [0.25, 0.3) is 0 Å². The predicted octanol–water partition coefficient (Wildman–Crippen LogP) is 4.62. The van der Waals surface area contributed by atoms with Gasteiger partial charge in [-0.1, -0.05) is 36.9 Å². The Hall–Kier alpha value is -4.04. The highest BCUT2D eigenvalue weighted by Gasteiger charge is 2.28. The van der Waals surface area contributed by atoms with Crippen molar-refractivity contribution >= 4 is 17.5 Å². The molecule has 1 saturated heterocycles. The number of halogens is 1. The number of pyridine rings is 1. The number of aryl methyl sites for hydroxylation is 1. The van der Waals surface area contributed by atoms with E-state index in [1.807, 2.05) is 31.2 Å². The topological polar surface area (TPSA) is 74.8 Å². The van der Waals surface area contributed by atoms with Crippen LogP contribution in [0.3, 0.4) is 0 Å². The smallest absolute Gasteiger partial charge is 0.274 e. The lowest BCUT2D eigenvalue weighted by atomic mass is 10.0. The number of carbonyl (C=O) groups is 2. The summed E-state index contributed by atoms with van der Waals surface area (Å²) in [6.45, 7) is 9.70. The molecule has 8 heteroatoms. The van der Waals surface area contributed by atoms with Crippen molar-refractivity contribution in [2.75, 3.05) is 31.5 Å². The second-order valence-corrected chi connectivity index (χ2v) is 9.16. The Bertz CT molecular complexity index is 1250. The van der Waals surface area contributed by atoms with Crippen molar-refractivity contribution in [2.24, 2.45) is 0 Å². The van der Waals surface area contributed by atoms with Gasteiger partial charge < -0.3 is 15.0 Å². The normalized spacial score (nSPS) is 16.6. The molecule has 1 aliphatic rings. The number of hydrogen-bond donors (Lipinski definition) is 1. The minimum atomic E-state index is -0.477. The number of aromatic nitrogens is 1. The molecule has 0 unspecified atom stereocenters. The zero-order valence-electron chi connectivity index (χ0n) is 21.1. The summed E-state index contributed by atoms with van der Waals surface area (Å²) in [7, 11) is 0. The van der Waals surface area contributed by atoms with Gasteiger partial charge in [0.25, 0.3) is 5.91 Å². The molecule has 2 amide bonds. The van der Waals surface area contributed by atoms with Crippen LogP contribution in [0.15, 0.2) is 79.5 Å². The largest absolute Gasteiger partial charge is 0.483 e. The lowest BCUT2D eigenvalue weighted by molar-refractivity contribution is -0.130. The first-order chi connectivity index (χ1) is 17.8. The van der Waals surface area contributed by atoms with E-state index >= 15 is 0 Å². The Morgan fingerprint density at radius 2 is 1.97 bits per heavy atom. The number of carbonyl (C=O) groups excluding carboxylic acids is 2. The van der Waals surface area contributed by atoms with E-state index in [-0.39, 0.29) is 29.4 Å². The van der Waals surface area contributed by atoms with Gasteiger partial charge in [-0.15, -0.1) is 0 Å². The maximum Gasteiger partial charge on any atom is 0.274 e. The molecule has 1 fully saturated rings. The summed E-state index contributed by atoms with van der Waals surface area (Å²) in [5, 5.41) is 2.81. The summed E-state index contributed by atoms with van der Waals surface area (Å²) in [5.41, 5.74) is 2.19. The molecule has 2 atom stereocenters. The van der Waals surface area contributed by atoms with Gasteiger partial charge >= 0.3 is 0 Å². The monoisotopic (exact) mass is 502 g/mol. The van der Waals surface area contributed by atoms with Crippen LogP contribution in [0.1, 0.15) is 34.6 Å². The van der Waals surface area contributed by atoms with Crippen LogP contribution in [0.5, 0.6) is 5.75 Å². The van der Waals surface area contributed by atoms with Crippen LogP contribution >= 0.6 is 0 Å². The summed E-state index contributed by atoms with van der Waals surface area (Å²) < 4.78 is 20.7. The van der Waals surface area contributed by atoms with Crippen molar-refractivity contribution in [1.29, 1.82) is 0 Å². The lowest BCUT2D eigenvalue weighted by Gasteiger charge is -2.40. The number of nitrogens with zero attached hydrogens (tertiary/aromatic N) is 3. The first-order valence-corrected chi connectivity index (χ1v) is 12.2. The average molecular weight is 503 g/mol. The van der Waals surface area contributed by atoms with E-state index in [1.54, 1.807) is 42.2 Å². The molecule has 1 aliphatic heterocycles. The molecule has 2 aromatic carbocycles. The summed E-state index contributed by atoms with van der Waals surface area (Å²) in [6.07, 6.45) is 2.36. The van der Waals surface area contributed by atoms with Crippen LogP contribution in [0.4, 0.5) is 10.1 Å². The molecule has 37 heavy (non-hydrogen) atoms. The summed E-state index contributed by atoms with van der Waals surface area (Å²) in [5.74, 6) is -0.235. The Kier molecular flexibility index (Phi) is 8.30. The maximum atomic E-state index is 14.4. The number of piperazine rings is 1. The van der Waals surface area contributed by atoms with E-state index in [9.17, 15) is 14.0 Å². The van der Waals surface area contributed by atoms with Gasteiger partial charge in [0.05, 0.1) is 6.20 Å². The number of ether oxygens (including phenoxy) is 1. The molecular weight excluding hydrogens is 471 g/mol. The van der Waals surface area contributed by atoms with Gasteiger partial charge in [0, 0.05) is 37.9 Å². The predicted molar refractivity (Wildman–Crippen MR) is 141 cm³/mol. The maximum absolute atomic E-state index is 14.4. The number of amides is 2. The highest BCUT2D eigenvalue weighted by molar-refractivity contribution is 6.02. The molecule has 3 aromatic rings. The van der Waals surface area contributed by atoms with E-state index in [2.05, 4.69) is 21.8 Å². The lowest BCUT2D eigenvalue weighted by Crippen LogP contribution is -2.54. The number of hydrogen-bond acceptors (Lipinski definition) is 5. The minimum Gasteiger partial charge on any atom is -0.483 e. The number of benzene rings is 2. The zero-order valence-corrected chi connectivity index (χ0v) is 21.1. The Labute approximate surface area is 216 Å². The molecule has 1 N–H and O–H groups in total. The second kappa shape index (κ2) is 11.8. The van der Waals surface area contributed by atoms with Crippen molar-refractivity contribution in [1.82, 2.24) is 14.8 Å². The van der Waals surface area contributed by atoms with Gasteiger partial charge in [-0.05, 0) is 61.4 Å². The molecule has 0 saturated carbocycles. The highest BCUT2D eigenvalue weighted by atomic mass is 19.1. The molecule has 0 spiro atoms. The van der Waals surface area contributed by atoms with E-state index < -0.39 is 6.10 Å². The first kappa shape index (κ1) is 26.0. The Balaban J connectivity index is 1.48. The van der Waals surface area contributed by atoms with Crippen molar-refractivity contribution in [3.05, 3.63) is 102 Å². The van der Waals surface area contributed by atoms with Crippen LogP contribution in [0, 0.1) is 12.7 Å². The molecule has 0 aliphatic carbocycles. The van der Waals surface area contributed by atoms with Crippen molar-refractivity contribution < 1.29 is 18.7 Å². The number of anilines is 1. The standard InChI is InChI=1S/C29H31FN4O3/c1-4-28(35)34-15-14-33(18-21(34)3)19-27(22-11-10-20(2)25(30)16-22)37-24-12-13-26(31-17-24)29(36)32-23-8-6-5-7-9-23/h4-13,16-17,21,27H,1,14-15,18-19H2,2-3H3,(H,32,36)/t21-,27-/m1/s1. The molecular formula is C29H31FN4O3. The molecule has 2 heterocycles. The Morgan fingerprint density at radius 3 is 2.62 bits per heavy atom. The second-order valence-electron chi connectivity index (χ2n) is 9.16. The van der Waals surface area contributed by atoms with Gasteiger partial charge in [-0.25, -0.2) is 9.37 Å². The number of rotatable bonds is 8. The average Bonchev–Trinajstić information content (AvgIpc) is 2.90. The van der Waals surface area contributed by atoms with Crippen LogP contribution < -0.4 is 10.1 Å². The van der Waals surface area contributed by atoms with E-state index in [1.165, 1.54) is 18.3 Å². The summed E-state index contributed by atoms with van der Waals surface area (Å²) in [6, 6.07) is 17.5. The van der Waals surface area contributed by atoms with Gasteiger partial charge in [-0.3, -0.25) is 14.5 Å². The SMILES string of the molecule is C=CC(=O)N1CCN(C[C@@H](Oc2ccc(C(=O)Nc3ccccc3)nc2)c2ccc(C)c(F)c2)C[C@H]1C. The van der Waals surface area contributed by atoms with Crippen molar-refractivity contribution in [2.45, 2.75) is 26.0 Å². The summed E-state index contributed by atoms with van der Waals surface area (Å²) >= 11 is 0. The molecule has 4 rings (SSSR count). The fourth-order valence-electron chi connectivity index (χ4n) is 4.36. The van der Waals surface area contributed by atoms with E-state index in [0.717, 1.165) is 0 Å². The van der Waals surface area contributed by atoms with Crippen LogP contribution in [-0.2, 0) is 4.79 Å². The third-order valence-electron chi connectivity index (χ3n) is 6.44. The van der Waals surface area contributed by atoms with Crippen LogP contribution in [-0.4, -0.2) is 58.8 Å². The zero-order chi connectivity index (χ0) is 26.4. The fourth-order valence-corrected chi connectivity index (χ4v) is 4.36. The van der Waals surface area contributed by atoms with Gasteiger partial charge in [0.2, 0.25) is 5.91 Å². The molecule has 7 nitrogen and oxygen atoms in total. The number of para-hydroxylation sites is 1. The van der Waals surface area contributed by atoms with E-state index in [0.29, 0.717) is 48.7 Å². The molecule has 0 bridgehead atoms. The van der Waals surface area contributed by atoms with Crippen molar-refractivity contribution in [3.63, 3.8) is 0 Å². The molecule has 192 valence electrons. The Morgan fingerprint density at radius 1 is 1.19 bits per heavy atom. The molecule has 1 aromatic heterocycles.